The molecule has 0 aliphatic heterocycles. The fraction of sp³-hybridized carbons (Fsp3) is 0.700. The maximum Gasteiger partial charge on any atom is 0.119 e. The van der Waals surface area contributed by atoms with Gasteiger partial charge < -0.3 is 4.74 Å². The van der Waals surface area contributed by atoms with Crippen LogP contribution >= 0.6 is 15.9 Å². The van der Waals surface area contributed by atoms with Gasteiger partial charge in [-0.25, -0.2) is 0 Å². The third-order valence-electron chi connectivity index (χ3n) is 4.94. The van der Waals surface area contributed by atoms with Crippen LogP contribution in [0, 0.1) is 5.92 Å². The quantitative estimate of drug-likeness (QED) is 0.446. The summed E-state index contributed by atoms with van der Waals surface area (Å²) >= 11 is 3.74. The Kier molecular flexibility index (Phi) is 7.79. The van der Waals surface area contributed by atoms with E-state index in [0.29, 0.717) is 5.92 Å². The first-order valence-electron chi connectivity index (χ1n) is 9.16. The van der Waals surface area contributed by atoms with Gasteiger partial charge >= 0.3 is 0 Å². The van der Waals surface area contributed by atoms with Gasteiger partial charge in [0.2, 0.25) is 0 Å². The second-order valence-corrected chi connectivity index (χ2v) is 7.60. The highest BCUT2D eigenvalue weighted by Crippen LogP contribution is 2.41. The van der Waals surface area contributed by atoms with Crippen molar-refractivity contribution < 1.29 is 4.74 Å². The summed E-state index contributed by atoms with van der Waals surface area (Å²) < 4.78 is 7.06. The summed E-state index contributed by atoms with van der Waals surface area (Å²) in [6, 6.07) is 6.51. The molecule has 0 unspecified atom stereocenters. The molecule has 2 heteroatoms. The molecule has 22 heavy (non-hydrogen) atoms. The van der Waals surface area contributed by atoms with E-state index >= 15 is 0 Å². The van der Waals surface area contributed by atoms with E-state index in [2.05, 4.69) is 48.0 Å². The van der Waals surface area contributed by atoms with E-state index in [9.17, 15) is 0 Å². The Balaban J connectivity index is 1.90. The predicted molar refractivity (Wildman–Crippen MR) is 98.8 cm³/mol. The van der Waals surface area contributed by atoms with E-state index in [0.717, 1.165) is 24.7 Å². The molecule has 0 radical (unpaired) electrons. The maximum atomic E-state index is 5.81. The Morgan fingerprint density at radius 2 is 1.82 bits per heavy atom. The van der Waals surface area contributed by atoms with Crippen LogP contribution in [0.5, 0.6) is 5.75 Å². The van der Waals surface area contributed by atoms with Crippen LogP contribution in [0.4, 0.5) is 0 Å². The molecule has 1 aromatic rings. The number of halogens is 1. The molecule has 2 rings (SSSR count). The van der Waals surface area contributed by atoms with E-state index in [1.165, 1.54) is 61.4 Å². The van der Waals surface area contributed by atoms with Gasteiger partial charge in [0.15, 0.2) is 0 Å². The van der Waals surface area contributed by atoms with Gasteiger partial charge in [-0.05, 0) is 67.7 Å². The third-order valence-corrected chi connectivity index (χ3v) is 5.66. The first-order valence-corrected chi connectivity index (χ1v) is 9.96. The first kappa shape index (κ1) is 17.8. The molecule has 0 atom stereocenters. The van der Waals surface area contributed by atoms with Gasteiger partial charge in [-0.1, -0.05) is 55.5 Å². The molecule has 0 heterocycles. The number of hydrogen-bond acceptors (Lipinski definition) is 1. The molecule has 1 saturated carbocycles. The Morgan fingerprint density at radius 1 is 1.05 bits per heavy atom. The van der Waals surface area contributed by atoms with Crippen molar-refractivity contribution in [2.75, 3.05) is 6.61 Å². The number of benzene rings is 1. The summed E-state index contributed by atoms with van der Waals surface area (Å²) in [6.45, 7) is 5.26. The lowest BCUT2D eigenvalue weighted by molar-refractivity contribution is 0.299. The highest BCUT2D eigenvalue weighted by Gasteiger charge is 2.23. The van der Waals surface area contributed by atoms with Gasteiger partial charge in [-0.2, -0.15) is 0 Å². The molecular weight excluding hydrogens is 336 g/mol. The SMILES string of the molecule is CCCCCC1CCC(c2cc(OCCC)ccc2Br)CC1. The normalized spacial score (nSPS) is 21.8. The highest BCUT2D eigenvalue weighted by atomic mass is 79.9. The molecule has 0 N–H and O–H groups in total. The molecule has 1 aromatic carbocycles. The summed E-state index contributed by atoms with van der Waals surface area (Å²) in [5, 5.41) is 0. The molecule has 0 spiro atoms. The first-order chi connectivity index (χ1) is 10.7. The van der Waals surface area contributed by atoms with Gasteiger partial charge in [0.1, 0.15) is 5.75 Å². The van der Waals surface area contributed by atoms with Crippen molar-refractivity contribution in [3.8, 4) is 5.75 Å². The molecule has 0 bridgehead atoms. The molecular formula is C20H31BrO. The Labute approximate surface area is 145 Å². The van der Waals surface area contributed by atoms with Crippen molar-refractivity contribution in [3.63, 3.8) is 0 Å². The fourth-order valence-corrected chi connectivity index (χ4v) is 4.16. The van der Waals surface area contributed by atoms with Gasteiger partial charge in [0, 0.05) is 4.47 Å². The van der Waals surface area contributed by atoms with Crippen LogP contribution in [0.3, 0.4) is 0 Å². The largest absolute Gasteiger partial charge is 0.494 e. The van der Waals surface area contributed by atoms with Crippen molar-refractivity contribution >= 4 is 15.9 Å². The minimum Gasteiger partial charge on any atom is -0.494 e. The Hall–Kier alpha value is -0.500. The second kappa shape index (κ2) is 9.60. The van der Waals surface area contributed by atoms with Gasteiger partial charge in [-0.3, -0.25) is 0 Å². The minimum absolute atomic E-state index is 0.710. The molecule has 1 nitrogen and oxygen atoms in total. The third kappa shape index (κ3) is 5.30. The number of unbranched alkanes of at least 4 members (excludes halogenated alkanes) is 2. The Bertz CT molecular complexity index is 435. The predicted octanol–water partition coefficient (Wildman–Crippen LogP) is 7.09. The van der Waals surface area contributed by atoms with Crippen LogP contribution in [-0.4, -0.2) is 6.61 Å². The van der Waals surface area contributed by atoms with Crippen LogP contribution in [0.1, 0.15) is 83.1 Å². The zero-order valence-electron chi connectivity index (χ0n) is 14.2. The molecule has 0 aromatic heterocycles. The highest BCUT2D eigenvalue weighted by molar-refractivity contribution is 9.10. The van der Waals surface area contributed by atoms with E-state index in [1.54, 1.807) is 0 Å². The van der Waals surface area contributed by atoms with Gasteiger partial charge in [-0.15, -0.1) is 0 Å². The molecule has 1 aliphatic rings. The summed E-state index contributed by atoms with van der Waals surface area (Å²) in [7, 11) is 0. The lowest BCUT2D eigenvalue weighted by Gasteiger charge is -2.29. The smallest absolute Gasteiger partial charge is 0.119 e. The topological polar surface area (TPSA) is 9.23 Å². The van der Waals surface area contributed by atoms with Crippen LogP contribution < -0.4 is 4.74 Å². The molecule has 1 aliphatic carbocycles. The summed E-state index contributed by atoms with van der Waals surface area (Å²) in [6.07, 6.45) is 12.2. The second-order valence-electron chi connectivity index (χ2n) is 6.75. The number of ether oxygens (including phenoxy) is 1. The van der Waals surface area contributed by atoms with E-state index < -0.39 is 0 Å². The van der Waals surface area contributed by atoms with Crippen molar-refractivity contribution in [2.45, 2.75) is 77.6 Å². The van der Waals surface area contributed by atoms with Gasteiger partial charge in [0.25, 0.3) is 0 Å². The standard InChI is InChI=1S/C20H31BrO/c1-3-5-6-7-16-8-10-17(11-9-16)19-15-18(22-14-4-2)12-13-20(19)21/h12-13,15-17H,3-11,14H2,1-2H3. The summed E-state index contributed by atoms with van der Waals surface area (Å²) in [5.41, 5.74) is 1.46. The molecule has 124 valence electrons. The number of rotatable bonds is 8. The van der Waals surface area contributed by atoms with E-state index in [1.807, 2.05) is 0 Å². The Morgan fingerprint density at radius 3 is 2.50 bits per heavy atom. The average molecular weight is 367 g/mol. The molecule has 0 amide bonds. The number of hydrogen-bond donors (Lipinski definition) is 0. The lowest BCUT2D eigenvalue weighted by Crippen LogP contribution is -2.14. The fourth-order valence-electron chi connectivity index (χ4n) is 3.59. The van der Waals surface area contributed by atoms with Crippen LogP contribution in [0.2, 0.25) is 0 Å². The van der Waals surface area contributed by atoms with E-state index in [-0.39, 0.29) is 0 Å². The van der Waals surface area contributed by atoms with Gasteiger partial charge in [0.05, 0.1) is 6.61 Å². The van der Waals surface area contributed by atoms with Crippen molar-refractivity contribution in [2.24, 2.45) is 5.92 Å². The minimum atomic E-state index is 0.710. The van der Waals surface area contributed by atoms with Crippen molar-refractivity contribution in [3.05, 3.63) is 28.2 Å². The summed E-state index contributed by atoms with van der Waals surface area (Å²) in [5.74, 6) is 2.72. The summed E-state index contributed by atoms with van der Waals surface area (Å²) in [4.78, 5) is 0. The van der Waals surface area contributed by atoms with Crippen molar-refractivity contribution in [1.29, 1.82) is 0 Å². The van der Waals surface area contributed by atoms with Crippen molar-refractivity contribution in [1.82, 2.24) is 0 Å². The van der Waals surface area contributed by atoms with Crippen LogP contribution in [0.15, 0.2) is 22.7 Å². The van der Waals surface area contributed by atoms with E-state index in [4.69, 9.17) is 4.74 Å². The van der Waals surface area contributed by atoms with Crippen LogP contribution in [0.25, 0.3) is 0 Å². The monoisotopic (exact) mass is 366 g/mol. The zero-order chi connectivity index (χ0) is 15.8. The molecule has 1 fully saturated rings. The van der Waals surface area contributed by atoms with Crippen LogP contribution in [-0.2, 0) is 0 Å². The zero-order valence-corrected chi connectivity index (χ0v) is 15.8. The lowest BCUT2D eigenvalue weighted by atomic mass is 9.77. The maximum absolute atomic E-state index is 5.81. The average Bonchev–Trinajstić information content (AvgIpc) is 2.55. The molecule has 0 saturated heterocycles.